The van der Waals surface area contributed by atoms with Crippen molar-refractivity contribution < 1.29 is 14.1 Å². The topological polar surface area (TPSA) is 113 Å². The third-order valence-electron chi connectivity index (χ3n) is 3.84. The molecule has 0 saturated heterocycles. The first kappa shape index (κ1) is 15.0. The van der Waals surface area contributed by atoms with Crippen LogP contribution in [-0.2, 0) is 11.3 Å². The third-order valence-corrected chi connectivity index (χ3v) is 3.84. The van der Waals surface area contributed by atoms with E-state index in [2.05, 4.69) is 25.4 Å². The molecule has 1 unspecified atom stereocenters. The number of allylic oxidation sites excluding steroid dienone is 1. The van der Waals surface area contributed by atoms with Gasteiger partial charge in [-0.15, -0.1) is 0 Å². The van der Waals surface area contributed by atoms with Crippen LogP contribution in [0.3, 0.4) is 0 Å². The lowest BCUT2D eigenvalue weighted by Gasteiger charge is -2.05. The Labute approximate surface area is 141 Å². The van der Waals surface area contributed by atoms with Crippen molar-refractivity contribution in [2.75, 3.05) is 0 Å². The summed E-state index contributed by atoms with van der Waals surface area (Å²) in [6, 6.07) is 7.27. The molecule has 0 aliphatic carbocycles. The second-order valence-corrected chi connectivity index (χ2v) is 5.49. The average Bonchev–Trinajstić information content (AvgIpc) is 3.28. The lowest BCUT2D eigenvalue weighted by Crippen LogP contribution is -2.23. The van der Waals surface area contributed by atoms with Gasteiger partial charge in [-0.25, -0.2) is 4.99 Å². The molecule has 2 aromatic heterocycles. The van der Waals surface area contributed by atoms with Crippen LogP contribution in [0.25, 0.3) is 10.9 Å². The van der Waals surface area contributed by atoms with E-state index in [9.17, 15) is 9.59 Å². The summed E-state index contributed by atoms with van der Waals surface area (Å²) < 4.78 is 5.09. The van der Waals surface area contributed by atoms with Crippen molar-refractivity contribution in [1.29, 1.82) is 0 Å². The number of amides is 2. The summed E-state index contributed by atoms with van der Waals surface area (Å²) in [6.45, 7) is 0.0743. The molecule has 124 valence electrons. The molecule has 1 atom stereocenters. The summed E-state index contributed by atoms with van der Waals surface area (Å²) in [5.41, 5.74) is 1.50. The number of hydrogen-bond donors (Lipinski definition) is 2. The fraction of sp³-hybridized carbons (Fsp3) is 0.118. The number of aromatic nitrogens is 3. The maximum Gasteiger partial charge on any atom is 0.260 e. The summed E-state index contributed by atoms with van der Waals surface area (Å²) in [7, 11) is 0. The van der Waals surface area contributed by atoms with Crippen LogP contribution in [0.5, 0.6) is 0 Å². The third kappa shape index (κ3) is 2.97. The van der Waals surface area contributed by atoms with E-state index >= 15 is 0 Å². The number of rotatable bonds is 4. The Hall–Kier alpha value is -3.55. The minimum absolute atomic E-state index is 0.0743. The van der Waals surface area contributed by atoms with Crippen molar-refractivity contribution in [3.05, 3.63) is 59.9 Å². The molecule has 8 heteroatoms. The first-order chi connectivity index (χ1) is 12.2. The highest BCUT2D eigenvalue weighted by molar-refractivity contribution is 5.98. The van der Waals surface area contributed by atoms with Gasteiger partial charge in [0.1, 0.15) is 5.92 Å². The average molecular weight is 335 g/mol. The Bertz CT molecular complexity index is 1010. The number of nitrogens with one attached hydrogen (secondary N) is 2. The number of aliphatic imine (C=N–C) groups is 1. The molecule has 25 heavy (non-hydrogen) atoms. The molecule has 8 nitrogen and oxygen atoms in total. The van der Waals surface area contributed by atoms with Crippen LogP contribution in [0.2, 0.25) is 0 Å². The number of fused-ring (bicyclic) bond motifs is 1. The van der Waals surface area contributed by atoms with Crippen LogP contribution in [0, 0.1) is 0 Å². The molecule has 4 rings (SSSR count). The lowest BCUT2D eigenvalue weighted by molar-refractivity contribution is -0.118. The number of aromatic amines is 1. The zero-order valence-electron chi connectivity index (χ0n) is 13.0. The van der Waals surface area contributed by atoms with Gasteiger partial charge in [0.2, 0.25) is 5.89 Å². The SMILES string of the molecule is O=C(NCc1nc(C2C=CC=NC2=O)no1)c1ccc2[nH]ccc2c1. The second-order valence-electron chi connectivity index (χ2n) is 5.49. The number of nitrogens with zero attached hydrogens (tertiary/aromatic N) is 3. The predicted molar refractivity (Wildman–Crippen MR) is 89.1 cm³/mol. The zero-order valence-corrected chi connectivity index (χ0v) is 13.0. The Morgan fingerprint density at radius 3 is 3.12 bits per heavy atom. The molecule has 0 radical (unpaired) electrons. The van der Waals surface area contributed by atoms with Crippen molar-refractivity contribution in [3.8, 4) is 0 Å². The van der Waals surface area contributed by atoms with Crippen LogP contribution in [0.15, 0.2) is 52.1 Å². The molecule has 1 aliphatic rings. The number of carbonyl (C=O) groups excluding carboxylic acids is 2. The fourth-order valence-corrected chi connectivity index (χ4v) is 2.56. The van der Waals surface area contributed by atoms with Crippen molar-refractivity contribution in [3.63, 3.8) is 0 Å². The molecule has 1 aliphatic heterocycles. The molecule has 0 spiro atoms. The highest BCUT2D eigenvalue weighted by atomic mass is 16.5. The number of hydrogen-bond acceptors (Lipinski definition) is 5. The van der Waals surface area contributed by atoms with Crippen molar-refractivity contribution in [2.24, 2.45) is 4.99 Å². The van der Waals surface area contributed by atoms with Crippen molar-refractivity contribution >= 4 is 28.9 Å². The van der Waals surface area contributed by atoms with E-state index in [0.717, 1.165) is 10.9 Å². The Morgan fingerprint density at radius 2 is 2.24 bits per heavy atom. The number of benzene rings is 1. The van der Waals surface area contributed by atoms with E-state index in [1.54, 1.807) is 24.3 Å². The predicted octanol–water partition coefficient (Wildman–Crippen LogP) is 1.73. The van der Waals surface area contributed by atoms with Crippen LogP contribution in [0.4, 0.5) is 0 Å². The normalized spacial score (nSPS) is 16.5. The Balaban J connectivity index is 1.43. The second kappa shape index (κ2) is 6.16. The van der Waals surface area contributed by atoms with E-state index in [0.29, 0.717) is 5.56 Å². The maximum atomic E-state index is 12.2. The minimum Gasteiger partial charge on any atom is -0.361 e. The molecule has 0 saturated carbocycles. The number of H-pyrrole nitrogens is 1. The maximum absolute atomic E-state index is 12.2. The van der Waals surface area contributed by atoms with Crippen molar-refractivity contribution in [1.82, 2.24) is 20.4 Å². The van der Waals surface area contributed by atoms with Gasteiger partial charge in [-0.1, -0.05) is 11.2 Å². The summed E-state index contributed by atoms with van der Waals surface area (Å²) in [6.07, 6.45) is 6.54. The summed E-state index contributed by atoms with van der Waals surface area (Å²) >= 11 is 0. The minimum atomic E-state index is -0.644. The van der Waals surface area contributed by atoms with Crippen LogP contribution in [-0.4, -0.2) is 33.2 Å². The number of carbonyl (C=O) groups is 2. The monoisotopic (exact) mass is 335 g/mol. The van der Waals surface area contributed by atoms with Gasteiger partial charge in [0.25, 0.3) is 11.8 Å². The molecular formula is C17H13N5O3. The molecule has 0 fully saturated rings. The zero-order chi connectivity index (χ0) is 17.2. The molecule has 3 heterocycles. The van der Waals surface area contributed by atoms with Gasteiger partial charge in [-0.3, -0.25) is 9.59 Å². The van der Waals surface area contributed by atoms with Gasteiger partial charge in [-0.05, 0) is 30.3 Å². The van der Waals surface area contributed by atoms with E-state index < -0.39 is 5.92 Å². The lowest BCUT2D eigenvalue weighted by atomic mass is 10.1. The largest absolute Gasteiger partial charge is 0.361 e. The summed E-state index contributed by atoms with van der Waals surface area (Å²) in [4.78, 5) is 34.9. The van der Waals surface area contributed by atoms with E-state index in [-0.39, 0.29) is 30.1 Å². The Morgan fingerprint density at radius 1 is 1.32 bits per heavy atom. The van der Waals surface area contributed by atoms with E-state index in [1.165, 1.54) is 6.21 Å². The van der Waals surface area contributed by atoms with Crippen molar-refractivity contribution in [2.45, 2.75) is 12.5 Å². The highest BCUT2D eigenvalue weighted by Crippen LogP contribution is 2.18. The molecule has 2 N–H and O–H groups in total. The summed E-state index contributed by atoms with van der Waals surface area (Å²) in [5.74, 6) is -0.785. The quantitative estimate of drug-likeness (QED) is 0.754. The standard InChI is InChI=1S/C17H13N5O3/c23-16(11-3-4-13-10(8-11)5-7-18-13)20-9-14-21-15(22-25-14)12-2-1-6-19-17(12)24/h1-8,12,18H,9H2,(H,20,23). The van der Waals surface area contributed by atoms with Gasteiger partial charge in [0.15, 0.2) is 5.82 Å². The molecule has 3 aromatic rings. The Kier molecular flexibility index (Phi) is 3.70. The van der Waals surface area contributed by atoms with Crippen LogP contribution in [0.1, 0.15) is 28.0 Å². The van der Waals surface area contributed by atoms with Gasteiger partial charge in [-0.2, -0.15) is 4.98 Å². The van der Waals surface area contributed by atoms with Gasteiger partial charge in [0, 0.05) is 28.9 Å². The molecular weight excluding hydrogens is 322 g/mol. The fourth-order valence-electron chi connectivity index (χ4n) is 2.56. The highest BCUT2D eigenvalue weighted by Gasteiger charge is 2.24. The van der Waals surface area contributed by atoms with Gasteiger partial charge in [0.05, 0.1) is 6.54 Å². The van der Waals surface area contributed by atoms with E-state index in [1.807, 2.05) is 18.3 Å². The van der Waals surface area contributed by atoms with Crippen LogP contribution >= 0.6 is 0 Å². The van der Waals surface area contributed by atoms with E-state index in [4.69, 9.17) is 4.52 Å². The summed E-state index contributed by atoms with van der Waals surface area (Å²) in [5, 5.41) is 7.46. The molecule has 1 aromatic carbocycles. The molecule has 0 bridgehead atoms. The molecule has 2 amide bonds. The first-order valence-electron chi connectivity index (χ1n) is 7.63. The first-order valence-corrected chi connectivity index (χ1v) is 7.63. The number of dihydropyridines is 1. The van der Waals surface area contributed by atoms with Crippen LogP contribution < -0.4 is 5.32 Å². The smallest absolute Gasteiger partial charge is 0.260 e. The van der Waals surface area contributed by atoms with Gasteiger partial charge >= 0.3 is 0 Å². The van der Waals surface area contributed by atoms with Gasteiger partial charge < -0.3 is 14.8 Å².